The molecule has 1 aromatic rings. The van der Waals surface area contributed by atoms with Crippen LogP contribution in [0.4, 0.5) is 5.00 Å². The summed E-state index contributed by atoms with van der Waals surface area (Å²) in [5, 5.41) is 15.3. The average molecular weight is 364 g/mol. The Bertz CT molecular complexity index is 693. The molecule has 0 aliphatic heterocycles. The van der Waals surface area contributed by atoms with Gasteiger partial charge >= 0.3 is 5.97 Å². The maximum absolute atomic E-state index is 12.7. The predicted molar refractivity (Wildman–Crippen MR) is 96.1 cm³/mol. The van der Waals surface area contributed by atoms with E-state index in [4.69, 9.17) is 5.11 Å². The average Bonchev–Trinajstić information content (AvgIpc) is 3.24. The van der Waals surface area contributed by atoms with Crippen LogP contribution in [0.3, 0.4) is 0 Å². The van der Waals surface area contributed by atoms with Crippen LogP contribution in [0.2, 0.25) is 0 Å². The van der Waals surface area contributed by atoms with E-state index >= 15 is 0 Å². The normalized spacial score (nSPS) is 17.5. The number of rotatable bonds is 7. The molecule has 136 valence electrons. The Balaban J connectivity index is 1.75. The van der Waals surface area contributed by atoms with Crippen LogP contribution in [-0.2, 0) is 22.4 Å². The number of nitrogens with one attached hydrogen (secondary N) is 2. The lowest BCUT2D eigenvalue weighted by Gasteiger charge is -2.13. The van der Waals surface area contributed by atoms with Crippen molar-refractivity contribution in [2.24, 2.45) is 5.92 Å². The molecule has 0 unspecified atom stereocenters. The SMILES string of the molecule is C[C@H](CC(=O)O)CC(=O)Nc1sc2c(c1C(=O)NC1CC1)CCCC2. The van der Waals surface area contributed by atoms with E-state index in [9.17, 15) is 14.4 Å². The second-order valence-corrected chi connectivity index (χ2v) is 8.22. The molecule has 1 heterocycles. The molecule has 0 spiro atoms. The van der Waals surface area contributed by atoms with Gasteiger partial charge in [0.25, 0.3) is 5.91 Å². The van der Waals surface area contributed by atoms with E-state index in [1.54, 1.807) is 6.92 Å². The zero-order valence-corrected chi connectivity index (χ0v) is 15.2. The topological polar surface area (TPSA) is 95.5 Å². The molecular weight excluding hydrogens is 340 g/mol. The highest BCUT2D eigenvalue weighted by molar-refractivity contribution is 7.17. The molecule has 1 fully saturated rings. The Morgan fingerprint density at radius 2 is 1.92 bits per heavy atom. The number of carboxylic acids is 1. The molecule has 0 saturated heterocycles. The fourth-order valence-electron chi connectivity index (χ4n) is 3.24. The van der Waals surface area contributed by atoms with E-state index in [0.717, 1.165) is 44.1 Å². The minimum atomic E-state index is -0.906. The monoisotopic (exact) mass is 364 g/mol. The van der Waals surface area contributed by atoms with E-state index < -0.39 is 5.97 Å². The zero-order chi connectivity index (χ0) is 18.0. The minimum absolute atomic E-state index is 0.0383. The molecule has 0 radical (unpaired) electrons. The van der Waals surface area contributed by atoms with Crippen molar-refractivity contribution in [2.45, 2.75) is 64.3 Å². The third-order valence-electron chi connectivity index (χ3n) is 4.62. The van der Waals surface area contributed by atoms with Crippen molar-refractivity contribution in [3.63, 3.8) is 0 Å². The number of carbonyl (C=O) groups excluding carboxylic acids is 2. The minimum Gasteiger partial charge on any atom is -0.481 e. The standard InChI is InChI=1S/C18H24N2O4S/c1-10(9-15(22)23)8-14(21)20-18-16(17(24)19-11-6-7-11)12-4-2-3-5-13(12)25-18/h10-11H,2-9H2,1H3,(H,19,24)(H,20,21)(H,22,23)/t10-/m0/s1. The maximum Gasteiger partial charge on any atom is 0.303 e. The summed E-state index contributed by atoms with van der Waals surface area (Å²) in [7, 11) is 0. The Kier molecular flexibility index (Phi) is 5.42. The lowest BCUT2D eigenvalue weighted by atomic mass is 9.95. The van der Waals surface area contributed by atoms with Crippen molar-refractivity contribution in [1.29, 1.82) is 0 Å². The van der Waals surface area contributed by atoms with Gasteiger partial charge in [-0.2, -0.15) is 0 Å². The van der Waals surface area contributed by atoms with Gasteiger partial charge in [0.05, 0.1) is 5.56 Å². The molecule has 7 heteroatoms. The summed E-state index contributed by atoms with van der Waals surface area (Å²) in [6.07, 6.45) is 6.15. The number of carbonyl (C=O) groups is 3. The first-order valence-electron chi connectivity index (χ1n) is 8.91. The summed E-state index contributed by atoms with van der Waals surface area (Å²) in [6.45, 7) is 1.74. The predicted octanol–water partition coefficient (Wildman–Crippen LogP) is 2.96. The molecule has 6 nitrogen and oxygen atoms in total. The third kappa shape index (κ3) is 4.60. The van der Waals surface area contributed by atoms with E-state index in [1.165, 1.54) is 16.2 Å². The molecule has 1 aromatic heterocycles. The summed E-state index contributed by atoms with van der Waals surface area (Å²) in [5.41, 5.74) is 1.72. The number of anilines is 1. The van der Waals surface area contributed by atoms with Crippen LogP contribution in [-0.4, -0.2) is 28.9 Å². The van der Waals surface area contributed by atoms with Crippen LogP contribution in [0.5, 0.6) is 0 Å². The summed E-state index contributed by atoms with van der Waals surface area (Å²) < 4.78 is 0. The second-order valence-electron chi connectivity index (χ2n) is 7.12. The number of fused-ring (bicyclic) bond motifs is 1. The van der Waals surface area contributed by atoms with Gasteiger partial charge in [-0.15, -0.1) is 11.3 Å². The van der Waals surface area contributed by atoms with Crippen LogP contribution >= 0.6 is 11.3 Å². The van der Waals surface area contributed by atoms with Gasteiger partial charge in [0.2, 0.25) is 5.91 Å². The quantitative estimate of drug-likeness (QED) is 0.693. The Labute approximate surface area is 151 Å². The number of amides is 2. The largest absolute Gasteiger partial charge is 0.481 e. The van der Waals surface area contributed by atoms with Gasteiger partial charge in [0.1, 0.15) is 5.00 Å². The molecule has 3 rings (SSSR count). The first kappa shape index (κ1) is 17.9. The van der Waals surface area contributed by atoms with Crippen molar-refractivity contribution in [2.75, 3.05) is 5.32 Å². The number of aliphatic carboxylic acids is 1. The Hall–Kier alpha value is -1.89. The summed E-state index contributed by atoms with van der Waals surface area (Å²) >= 11 is 1.50. The fraction of sp³-hybridized carbons (Fsp3) is 0.611. The van der Waals surface area contributed by atoms with Crippen LogP contribution in [0.15, 0.2) is 0 Å². The summed E-state index contributed by atoms with van der Waals surface area (Å²) in [5.74, 6) is -1.46. The molecule has 25 heavy (non-hydrogen) atoms. The number of hydrogen-bond acceptors (Lipinski definition) is 4. The van der Waals surface area contributed by atoms with Gasteiger partial charge < -0.3 is 15.7 Å². The molecular formula is C18H24N2O4S. The molecule has 2 aliphatic carbocycles. The van der Waals surface area contributed by atoms with Gasteiger partial charge in [-0.25, -0.2) is 0 Å². The number of aryl methyl sites for hydroxylation is 1. The highest BCUT2D eigenvalue weighted by Crippen LogP contribution is 2.38. The zero-order valence-electron chi connectivity index (χ0n) is 14.4. The molecule has 0 bridgehead atoms. The van der Waals surface area contributed by atoms with Crippen LogP contribution in [0, 0.1) is 5.92 Å². The van der Waals surface area contributed by atoms with Crippen molar-refractivity contribution in [1.82, 2.24) is 5.32 Å². The van der Waals surface area contributed by atoms with Crippen LogP contribution in [0.25, 0.3) is 0 Å². The molecule has 0 aromatic carbocycles. The third-order valence-corrected chi connectivity index (χ3v) is 5.83. The number of hydrogen-bond donors (Lipinski definition) is 3. The first-order chi connectivity index (χ1) is 11.9. The van der Waals surface area contributed by atoms with Crippen LogP contribution in [0.1, 0.15) is 66.2 Å². The number of carboxylic acid groups (broad SMARTS) is 1. The Morgan fingerprint density at radius 1 is 1.20 bits per heavy atom. The van der Waals surface area contributed by atoms with Gasteiger partial charge in [0, 0.05) is 23.8 Å². The maximum atomic E-state index is 12.7. The van der Waals surface area contributed by atoms with Crippen molar-refractivity contribution in [3.8, 4) is 0 Å². The molecule has 2 aliphatic rings. The smallest absolute Gasteiger partial charge is 0.303 e. The van der Waals surface area contributed by atoms with E-state index in [-0.39, 0.29) is 36.6 Å². The molecule has 3 N–H and O–H groups in total. The van der Waals surface area contributed by atoms with Gasteiger partial charge in [-0.3, -0.25) is 14.4 Å². The van der Waals surface area contributed by atoms with Crippen molar-refractivity contribution >= 4 is 34.1 Å². The lowest BCUT2D eigenvalue weighted by molar-refractivity contribution is -0.138. The highest BCUT2D eigenvalue weighted by atomic mass is 32.1. The van der Waals surface area contributed by atoms with Gasteiger partial charge in [-0.05, 0) is 50.0 Å². The van der Waals surface area contributed by atoms with Gasteiger partial charge in [-0.1, -0.05) is 6.92 Å². The molecule has 1 atom stereocenters. The van der Waals surface area contributed by atoms with Crippen LogP contribution < -0.4 is 10.6 Å². The summed E-state index contributed by atoms with van der Waals surface area (Å²) in [6, 6.07) is 0.269. The van der Waals surface area contributed by atoms with Crippen molar-refractivity contribution < 1.29 is 19.5 Å². The summed E-state index contributed by atoms with van der Waals surface area (Å²) in [4.78, 5) is 36.9. The number of thiophene rings is 1. The fourth-order valence-corrected chi connectivity index (χ4v) is 4.55. The molecule has 2 amide bonds. The Morgan fingerprint density at radius 3 is 2.60 bits per heavy atom. The second kappa shape index (κ2) is 7.56. The molecule has 1 saturated carbocycles. The lowest BCUT2D eigenvalue weighted by Crippen LogP contribution is -2.27. The highest BCUT2D eigenvalue weighted by Gasteiger charge is 2.30. The van der Waals surface area contributed by atoms with Gasteiger partial charge in [0.15, 0.2) is 0 Å². The van der Waals surface area contributed by atoms with E-state index in [1.807, 2.05) is 0 Å². The van der Waals surface area contributed by atoms with E-state index in [0.29, 0.717) is 10.6 Å². The first-order valence-corrected chi connectivity index (χ1v) is 9.72. The van der Waals surface area contributed by atoms with E-state index in [2.05, 4.69) is 10.6 Å². The van der Waals surface area contributed by atoms with Crippen molar-refractivity contribution in [3.05, 3.63) is 16.0 Å².